The van der Waals surface area contributed by atoms with Crippen LogP contribution in [-0.2, 0) is 74.5 Å². The molecule has 0 aliphatic rings. The molecular formula is C80H69Cl3F4N20O8S4. The highest BCUT2D eigenvalue weighted by atomic mass is 35.5. The van der Waals surface area contributed by atoms with Crippen molar-refractivity contribution in [1.29, 1.82) is 0 Å². The Balaban J connectivity index is 0.000000137. The number of nitrogens with two attached hydrogens (primary N) is 4. The van der Waals surface area contributed by atoms with Crippen molar-refractivity contribution in [3.63, 3.8) is 0 Å². The third-order valence-corrected chi connectivity index (χ3v) is 25.1. The maximum Gasteiger partial charge on any atom is 0.416 e. The van der Waals surface area contributed by atoms with Crippen LogP contribution < -0.4 is 41.8 Å². The molecule has 0 radical (unpaired) electrons. The number of anilines is 8. The molecule has 0 bridgehead atoms. The molecule has 16 aromatic rings. The number of pyridine rings is 4. The Morgan fingerprint density at radius 1 is 0.378 bits per heavy atom. The van der Waals surface area contributed by atoms with E-state index in [4.69, 9.17) is 57.7 Å². The second-order valence-corrected chi connectivity index (χ2v) is 34.8. The number of rotatable bonds is 16. The summed E-state index contributed by atoms with van der Waals surface area (Å²) in [5.74, 6) is 1.02. The number of benzene rings is 8. The van der Waals surface area contributed by atoms with Gasteiger partial charge in [0.05, 0.1) is 51.8 Å². The van der Waals surface area contributed by atoms with Crippen molar-refractivity contribution in [3.8, 4) is 44.5 Å². The van der Waals surface area contributed by atoms with Crippen molar-refractivity contribution in [2.24, 2.45) is 28.2 Å². The normalized spacial score (nSPS) is 11.8. The second-order valence-electron chi connectivity index (χ2n) is 26.8. The molecule has 0 spiro atoms. The van der Waals surface area contributed by atoms with Crippen LogP contribution >= 0.6 is 34.8 Å². The predicted molar refractivity (Wildman–Crippen MR) is 457 cm³/mol. The van der Waals surface area contributed by atoms with E-state index >= 15 is 0 Å². The van der Waals surface area contributed by atoms with E-state index < -0.39 is 62.5 Å². The molecule has 119 heavy (non-hydrogen) atoms. The lowest BCUT2D eigenvalue weighted by molar-refractivity contribution is -0.137. The second kappa shape index (κ2) is 33.2. The average Bonchev–Trinajstić information content (AvgIpc) is 1.65. The molecule has 28 nitrogen and oxygen atoms in total. The van der Waals surface area contributed by atoms with Crippen LogP contribution in [0, 0.1) is 26.6 Å². The maximum absolute atomic E-state index is 13.4. The van der Waals surface area contributed by atoms with Crippen LogP contribution in [0.3, 0.4) is 0 Å². The number of hydrogen-bond donors (Lipinski definition) is 8. The van der Waals surface area contributed by atoms with E-state index in [1.807, 2.05) is 44.2 Å². The van der Waals surface area contributed by atoms with E-state index in [-0.39, 0.29) is 36.0 Å². The smallest absolute Gasteiger partial charge is 0.382 e. The number of sulfonamides is 4. The highest BCUT2D eigenvalue weighted by Crippen LogP contribution is 2.39. The topological polar surface area (TPSA) is 412 Å². The Bertz CT molecular complexity index is 7130. The van der Waals surface area contributed by atoms with Crippen molar-refractivity contribution in [1.82, 2.24) is 59.1 Å². The van der Waals surface area contributed by atoms with Crippen molar-refractivity contribution >= 4 is 165 Å². The van der Waals surface area contributed by atoms with Crippen molar-refractivity contribution in [2.75, 3.05) is 41.8 Å². The summed E-state index contributed by atoms with van der Waals surface area (Å²) >= 11 is 17.9. The molecule has 0 amide bonds. The lowest BCUT2D eigenvalue weighted by Crippen LogP contribution is -2.14. The van der Waals surface area contributed by atoms with Crippen molar-refractivity contribution in [2.45, 2.75) is 46.5 Å². The van der Waals surface area contributed by atoms with Gasteiger partial charge in [-0.15, -0.1) is 0 Å². The number of nitrogens with one attached hydrogen (secondary N) is 4. The van der Waals surface area contributed by atoms with Gasteiger partial charge >= 0.3 is 6.18 Å². The van der Waals surface area contributed by atoms with Gasteiger partial charge in [-0.05, 0) is 210 Å². The fourth-order valence-corrected chi connectivity index (χ4v) is 18.3. The van der Waals surface area contributed by atoms with E-state index in [9.17, 15) is 51.2 Å². The van der Waals surface area contributed by atoms with Gasteiger partial charge in [0.25, 0.3) is 40.1 Å². The van der Waals surface area contributed by atoms with Gasteiger partial charge in [-0.3, -0.25) is 18.9 Å². The Morgan fingerprint density at radius 2 is 0.723 bits per heavy atom. The van der Waals surface area contributed by atoms with Gasteiger partial charge in [0.15, 0.2) is 45.9 Å². The summed E-state index contributed by atoms with van der Waals surface area (Å²) < 4.78 is 169. The van der Waals surface area contributed by atoms with Crippen LogP contribution in [0.4, 0.5) is 63.6 Å². The lowest BCUT2D eigenvalue weighted by Gasteiger charge is -2.12. The van der Waals surface area contributed by atoms with Crippen LogP contribution in [0.2, 0.25) is 15.1 Å². The first-order valence-electron chi connectivity index (χ1n) is 35.2. The highest BCUT2D eigenvalue weighted by molar-refractivity contribution is 7.93. The van der Waals surface area contributed by atoms with E-state index in [0.29, 0.717) is 79.4 Å². The SMILES string of the molecule is Cc1cc(-c2ccc(NS(=O)(=O)c3cccc(Cl)c3)cc2)c2c(N)nn(C)c2n1.Cc1cc(-c2ccc(NS(=O)(=O)c3cccc(Cl)c3Cl)cc2)c2c(N)nn(C)c2n1.Cc1cc(S(=O)(=O)Nc2ccc(-c3ccnc4c3c(N)nn4C)cc2)ccc1F.Cn1nc(N)c2c(-c3ccc(NS(=O)(=O)c4cccc(C(F)(F)F)c4)cc3)ccnc21. The standard InChI is InChI=1S/C20H17Cl2N5O2S.C20H18ClN5O2S.C20H16F3N5O2S.C20H18FN5O2S/c1-11-10-14(17-19(23)25-27(2)20(17)24-11)12-6-8-13(9-7-12)26-30(28,29)16-5-3-4-15(21)18(16)22;1-12-10-17(18-19(22)24-26(2)20(18)23-12)13-6-8-15(9-7-13)25-29(27,28)16-5-3-4-14(21)11-16;1-28-19-17(18(24)26-28)16(9-10-25-19)12-5-7-14(8-6-12)27-31(29,30)15-4-2-3-13(11-15)20(21,22)23;1-12-11-15(7-8-17(12)21)29(27,28)25-14-5-3-13(4-6-14)16-9-10-23-20-18(16)19(22)24-26(20)2/h3-10,26H,1-2H3,(H2,23,25);3-11,25H,1-2H3,(H2,22,24);2-11,27H,1H3,(H2,24,26);3-11,25H,1-2H3,(H2,22,24). The van der Waals surface area contributed by atoms with Crippen LogP contribution in [0.15, 0.2) is 238 Å². The number of alkyl halides is 3. The molecule has 12 N–H and O–H groups in total. The van der Waals surface area contributed by atoms with Gasteiger partial charge in [0, 0.05) is 79.7 Å². The highest BCUT2D eigenvalue weighted by Gasteiger charge is 2.32. The Kier molecular flexibility index (Phi) is 23.4. The molecule has 610 valence electrons. The predicted octanol–water partition coefficient (Wildman–Crippen LogP) is 16.1. The monoisotopic (exact) mass is 1750 g/mol. The molecule has 0 unspecified atom stereocenters. The van der Waals surface area contributed by atoms with Crippen LogP contribution in [0.1, 0.15) is 22.5 Å². The number of aryl methyl sites for hydroxylation is 7. The summed E-state index contributed by atoms with van der Waals surface area (Å²) in [6.07, 6.45) is -1.35. The van der Waals surface area contributed by atoms with Crippen molar-refractivity contribution in [3.05, 3.63) is 262 Å². The minimum atomic E-state index is -4.64. The van der Waals surface area contributed by atoms with E-state index in [1.165, 1.54) is 61.5 Å². The number of fused-ring (bicyclic) bond motifs is 4. The minimum Gasteiger partial charge on any atom is -0.382 e. The molecule has 0 saturated carbocycles. The molecule has 8 aromatic carbocycles. The molecule has 8 aromatic heterocycles. The van der Waals surface area contributed by atoms with Crippen LogP contribution in [-0.4, -0.2) is 92.7 Å². The summed E-state index contributed by atoms with van der Waals surface area (Å²) in [5.41, 5.74) is 35.8. The fraction of sp³-hybridized carbons (Fsp3) is 0.100. The van der Waals surface area contributed by atoms with Crippen molar-refractivity contribution < 1.29 is 51.2 Å². The first-order chi connectivity index (χ1) is 56.2. The average molecular weight is 1750 g/mol. The zero-order valence-electron chi connectivity index (χ0n) is 63.5. The largest absolute Gasteiger partial charge is 0.416 e. The zero-order chi connectivity index (χ0) is 85.5. The number of aromatic nitrogens is 12. The molecule has 16 rings (SSSR count). The van der Waals surface area contributed by atoms with Gasteiger partial charge < -0.3 is 22.9 Å². The molecule has 0 aliphatic carbocycles. The fourth-order valence-electron chi connectivity index (χ4n) is 12.8. The lowest BCUT2D eigenvalue weighted by atomic mass is 10.0. The summed E-state index contributed by atoms with van der Waals surface area (Å²) in [6, 6.07) is 52.5. The molecular weight excluding hydrogens is 1680 g/mol. The molecule has 0 fully saturated rings. The molecule has 8 heterocycles. The number of nitrogen functional groups attached to an aromatic ring is 4. The first-order valence-corrected chi connectivity index (χ1v) is 42.3. The number of hydrogen-bond acceptors (Lipinski definition) is 20. The van der Waals surface area contributed by atoms with Crippen LogP contribution in [0.25, 0.3) is 88.6 Å². The Labute approximate surface area is 693 Å². The Morgan fingerprint density at radius 3 is 1.11 bits per heavy atom. The van der Waals surface area contributed by atoms with Crippen LogP contribution in [0.5, 0.6) is 0 Å². The van der Waals surface area contributed by atoms with E-state index in [1.54, 1.807) is 150 Å². The van der Waals surface area contributed by atoms with Gasteiger partial charge in [-0.2, -0.15) is 33.6 Å². The molecule has 0 saturated heterocycles. The van der Waals surface area contributed by atoms with E-state index in [2.05, 4.69) is 59.2 Å². The summed E-state index contributed by atoms with van der Waals surface area (Å²) in [7, 11) is -8.60. The maximum atomic E-state index is 13.4. The minimum absolute atomic E-state index is 0.000507. The number of nitrogens with zero attached hydrogens (tertiary/aromatic N) is 12. The molecule has 39 heteroatoms. The Hall–Kier alpha value is -13.0. The molecule has 0 atom stereocenters. The zero-order valence-corrected chi connectivity index (χ0v) is 69.0. The number of halogens is 7. The summed E-state index contributed by atoms with van der Waals surface area (Å²) in [5, 5.41) is 20.3. The van der Waals surface area contributed by atoms with E-state index in [0.717, 1.165) is 96.3 Å². The van der Waals surface area contributed by atoms with Gasteiger partial charge in [0.1, 0.15) is 10.7 Å². The summed E-state index contributed by atoms with van der Waals surface area (Å²) in [6.45, 7) is 5.31. The van der Waals surface area contributed by atoms with Gasteiger partial charge in [0.2, 0.25) is 0 Å². The third-order valence-electron chi connectivity index (χ3n) is 18.4. The summed E-state index contributed by atoms with van der Waals surface area (Å²) in [4.78, 5) is 17.1. The van der Waals surface area contributed by atoms with Gasteiger partial charge in [-0.25, -0.2) is 76.7 Å². The third kappa shape index (κ3) is 18.1. The molecule has 0 aliphatic heterocycles. The quantitative estimate of drug-likeness (QED) is 0.0417. The first kappa shape index (κ1) is 84.0. The van der Waals surface area contributed by atoms with Gasteiger partial charge in [-0.1, -0.05) is 102 Å².